The number of hydrogen-bond donors (Lipinski definition) is 1. The molecule has 0 atom stereocenters. The Balaban J connectivity index is 1.80. The van der Waals surface area contributed by atoms with Crippen molar-refractivity contribution in [2.24, 2.45) is 0 Å². The number of benzene rings is 1. The Morgan fingerprint density at radius 3 is 1.85 bits per heavy atom. The monoisotopic (exact) mass is 387 g/mol. The molecule has 0 aliphatic carbocycles. The van der Waals surface area contributed by atoms with Crippen molar-refractivity contribution in [2.45, 2.75) is 0 Å². The molecule has 1 N–H and O–H groups in total. The minimum Gasteiger partial charge on any atom is -0.491 e. The molecule has 7 nitrogen and oxygen atoms in total. The smallest absolute Gasteiger partial charge is 0.214 e. The third-order valence-corrected chi connectivity index (χ3v) is 3.78. The van der Waals surface area contributed by atoms with Crippen molar-refractivity contribution < 1.29 is 28.5 Å². The van der Waals surface area contributed by atoms with Gasteiger partial charge in [-0.05, 0) is 30.5 Å². The molecule has 8 heteroatoms. The number of ether oxygens (including phenoxy) is 5. The number of thioether (sulfide) groups is 1. The summed E-state index contributed by atoms with van der Waals surface area (Å²) in [6.45, 7) is 4.03. The molecule has 1 rings (SSSR count). The SMILES string of the molecule is CNc1ccc(OCCOCCOCCOCCOCC(=O)SC)cc1. The molecule has 0 aliphatic rings. The van der Waals surface area contributed by atoms with Crippen LogP contribution in [0, 0.1) is 0 Å². The number of rotatable bonds is 16. The largest absolute Gasteiger partial charge is 0.491 e. The zero-order valence-electron chi connectivity index (χ0n) is 15.5. The first-order chi connectivity index (χ1) is 12.8. The van der Waals surface area contributed by atoms with Gasteiger partial charge in [0, 0.05) is 12.7 Å². The van der Waals surface area contributed by atoms with Crippen LogP contribution in [0.3, 0.4) is 0 Å². The van der Waals surface area contributed by atoms with Gasteiger partial charge >= 0.3 is 0 Å². The van der Waals surface area contributed by atoms with Crippen LogP contribution in [-0.2, 0) is 23.7 Å². The van der Waals surface area contributed by atoms with Crippen LogP contribution in [0.4, 0.5) is 5.69 Å². The molecular formula is C18H29NO6S. The Hall–Kier alpha value is -1.32. The van der Waals surface area contributed by atoms with E-state index in [9.17, 15) is 4.79 Å². The van der Waals surface area contributed by atoms with Crippen molar-refractivity contribution in [2.75, 3.05) is 78.1 Å². The van der Waals surface area contributed by atoms with Gasteiger partial charge < -0.3 is 29.0 Å². The summed E-state index contributed by atoms with van der Waals surface area (Å²) < 4.78 is 26.9. The quantitative estimate of drug-likeness (QED) is 0.432. The van der Waals surface area contributed by atoms with Crippen LogP contribution in [0.25, 0.3) is 0 Å². The molecule has 0 aliphatic heterocycles. The summed E-state index contributed by atoms with van der Waals surface area (Å²) in [4.78, 5) is 11.0. The first-order valence-corrected chi connectivity index (χ1v) is 9.77. The van der Waals surface area contributed by atoms with Crippen molar-refractivity contribution >= 4 is 22.6 Å². The van der Waals surface area contributed by atoms with E-state index in [4.69, 9.17) is 23.7 Å². The maximum absolute atomic E-state index is 11.0. The number of carbonyl (C=O) groups excluding carboxylic acids is 1. The molecule has 0 aromatic heterocycles. The van der Waals surface area contributed by atoms with Gasteiger partial charge in [0.25, 0.3) is 0 Å². The summed E-state index contributed by atoms with van der Waals surface area (Å²) in [5.41, 5.74) is 1.05. The Morgan fingerprint density at radius 2 is 1.35 bits per heavy atom. The van der Waals surface area contributed by atoms with E-state index in [-0.39, 0.29) is 11.7 Å². The lowest BCUT2D eigenvalue weighted by Gasteiger charge is -2.09. The van der Waals surface area contributed by atoms with E-state index in [1.807, 2.05) is 31.3 Å². The fourth-order valence-corrected chi connectivity index (χ4v) is 2.01. The van der Waals surface area contributed by atoms with Crippen LogP contribution in [0.2, 0.25) is 0 Å². The summed E-state index contributed by atoms with van der Waals surface area (Å²) in [6, 6.07) is 7.76. The summed E-state index contributed by atoms with van der Waals surface area (Å²) in [5.74, 6) is 0.822. The predicted octanol–water partition coefficient (Wildman–Crippen LogP) is 2.06. The molecule has 148 valence electrons. The average molecular weight is 387 g/mol. The van der Waals surface area contributed by atoms with Crippen molar-refractivity contribution in [3.8, 4) is 5.75 Å². The molecule has 0 heterocycles. The fourth-order valence-electron chi connectivity index (χ4n) is 1.81. The highest BCUT2D eigenvalue weighted by Gasteiger charge is 1.98. The van der Waals surface area contributed by atoms with Gasteiger partial charge in [0.15, 0.2) is 0 Å². The van der Waals surface area contributed by atoms with Crippen LogP contribution in [0.15, 0.2) is 24.3 Å². The molecule has 0 bridgehead atoms. The van der Waals surface area contributed by atoms with Crippen LogP contribution >= 0.6 is 11.8 Å². The Labute approximate surface area is 159 Å². The fraction of sp³-hybridized carbons (Fsp3) is 0.611. The van der Waals surface area contributed by atoms with E-state index < -0.39 is 0 Å². The molecule has 0 saturated heterocycles. The normalized spacial score (nSPS) is 10.7. The molecule has 1 aromatic carbocycles. The second-order valence-corrected chi connectivity index (χ2v) is 5.95. The summed E-state index contributed by atoms with van der Waals surface area (Å²) in [6.07, 6.45) is 1.74. The van der Waals surface area contributed by atoms with Crippen LogP contribution < -0.4 is 10.1 Å². The third-order valence-electron chi connectivity index (χ3n) is 3.20. The molecular weight excluding hydrogens is 358 g/mol. The molecule has 0 unspecified atom stereocenters. The molecule has 1 aromatic rings. The van der Waals surface area contributed by atoms with Crippen molar-refractivity contribution in [3.63, 3.8) is 0 Å². The van der Waals surface area contributed by atoms with Gasteiger partial charge in [-0.2, -0.15) is 0 Å². The zero-order valence-corrected chi connectivity index (χ0v) is 16.3. The second kappa shape index (κ2) is 15.9. The lowest BCUT2D eigenvalue weighted by Crippen LogP contribution is -2.14. The maximum atomic E-state index is 11.0. The Bertz CT molecular complexity index is 471. The lowest BCUT2D eigenvalue weighted by molar-refractivity contribution is -0.115. The zero-order chi connectivity index (χ0) is 18.9. The highest BCUT2D eigenvalue weighted by molar-refractivity contribution is 8.13. The average Bonchev–Trinajstić information content (AvgIpc) is 2.68. The van der Waals surface area contributed by atoms with E-state index in [1.165, 1.54) is 0 Å². The van der Waals surface area contributed by atoms with Gasteiger partial charge in [-0.15, -0.1) is 0 Å². The second-order valence-electron chi connectivity index (χ2n) is 5.09. The maximum Gasteiger partial charge on any atom is 0.214 e. The summed E-state index contributed by atoms with van der Waals surface area (Å²) >= 11 is 1.16. The number of anilines is 1. The van der Waals surface area contributed by atoms with Crippen LogP contribution in [0.5, 0.6) is 5.75 Å². The predicted molar refractivity (Wildman–Crippen MR) is 103 cm³/mol. The van der Waals surface area contributed by atoms with E-state index in [0.717, 1.165) is 23.2 Å². The van der Waals surface area contributed by atoms with Gasteiger partial charge in [-0.3, -0.25) is 4.79 Å². The molecule has 0 amide bonds. The molecule has 0 radical (unpaired) electrons. The number of hydrogen-bond acceptors (Lipinski definition) is 8. The van der Waals surface area contributed by atoms with Gasteiger partial charge in [0.1, 0.15) is 19.0 Å². The van der Waals surface area contributed by atoms with E-state index in [0.29, 0.717) is 52.9 Å². The van der Waals surface area contributed by atoms with E-state index in [2.05, 4.69) is 5.32 Å². The van der Waals surface area contributed by atoms with E-state index >= 15 is 0 Å². The third kappa shape index (κ3) is 12.1. The summed E-state index contributed by atoms with van der Waals surface area (Å²) in [7, 11) is 1.88. The van der Waals surface area contributed by atoms with Crippen LogP contribution in [-0.4, -0.2) is 77.9 Å². The van der Waals surface area contributed by atoms with Crippen LogP contribution in [0.1, 0.15) is 0 Å². The minimum atomic E-state index is 0.0189. The Morgan fingerprint density at radius 1 is 0.846 bits per heavy atom. The Kier molecular flexibility index (Phi) is 13.9. The molecule has 0 fully saturated rings. The first kappa shape index (κ1) is 22.7. The molecule has 0 spiro atoms. The van der Waals surface area contributed by atoms with Crippen molar-refractivity contribution in [3.05, 3.63) is 24.3 Å². The first-order valence-electron chi connectivity index (χ1n) is 8.54. The molecule has 0 saturated carbocycles. The highest BCUT2D eigenvalue weighted by atomic mass is 32.2. The summed E-state index contributed by atoms with van der Waals surface area (Å²) in [5, 5.41) is 3.07. The highest BCUT2D eigenvalue weighted by Crippen LogP contribution is 2.14. The van der Waals surface area contributed by atoms with Crippen molar-refractivity contribution in [1.29, 1.82) is 0 Å². The van der Waals surface area contributed by atoms with E-state index in [1.54, 1.807) is 6.26 Å². The van der Waals surface area contributed by atoms with Gasteiger partial charge in [0.05, 0.1) is 46.2 Å². The minimum absolute atomic E-state index is 0.0189. The van der Waals surface area contributed by atoms with Crippen molar-refractivity contribution in [1.82, 2.24) is 0 Å². The van der Waals surface area contributed by atoms with Gasteiger partial charge in [-0.1, -0.05) is 11.8 Å². The molecule has 26 heavy (non-hydrogen) atoms. The lowest BCUT2D eigenvalue weighted by atomic mass is 10.3. The standard InChI is InChI=1S/C18H29NO6S/c1-19-16-3-5-17(6-4-16)25-14-13-23-10-9-21-7-8-22-11-12-24-15-18(20)26-2/h3-6,19H,7-15H2,1-2H3. The van der Waals surface area contributed by atoms with Gasteiger partial charge in [0.2, 0.25) is 5.12 Å². The topological polar surface area (TPSA) is 75.2 Å². The van der Waals surface area contributed by atoms with Gasteiger partial charge in [-0.25, -0.2) is 0 Å². The number of carbonyl (C=O) groups is 1. The number of nitrogens with one attached hydrogen (secondary N) is 1.